The van der Waals surface area contributed by atoms with Crippen LogP contribution in [-0.4, -0.2) is 37.2 Å². The summed E-state index contributed by atoms with van der Waals surface area (Å²) < 4.78 is 34.2. The van der Waals surface area contributed by atoms with E-state index in [0.717, 1.165) is 54.6 Å². The van der Waals surface area contributed by atoms with Crippen molar-refractivity contribution in [3.8, 4) is 5.75 Å². The number of nitrogens with two attached hydrogens (primary N) is 2. The Morgan fingerprint density at radius 1 is 1.12 bits per heavy atom. The molecule has 0 bridgehead atoms. The van der Waals surface area contributed by atoms with Crippen molar-refractivity contribution in [1.82, 2.24) is 9.55 Å². The van der Waals surface area contributed by atoms with E-state index >= 15 is 0 Å². The number of ether oxygens (including phenoxy) is 1. The lowest BCUT2D eigenvalue weighted by Crippen LogP contribution is -2.27. The first-order valence-corrected chi connectivity index (χ1v) is 15.7. The number of sulfonamides is 1. The highest BCUT2D eigenvalue weighted by Gasteiger charge is 2.43. The standard InChI is InChI=1S/C30H39N7O4S/c1-18-7-8-19(13-24(18)37(32)17-21(31)25-16-33-28(36(25)4)30(3)11-12-30)27(38)34-22-14-20(29(2)9-10-29)15-23(26(22)41-5)35-42(6,39)40/h7-8,13-17,35H,9-12,31-32H2,1-6H3,(H,34,38)/b21-17-. The third kappa shape index (κ3) is 5.82. The minimum atomic E-state index is -3.59. The van der Waals surface area contributed by atoms with Crippen LogP contribution in [-0.2, 0) is 27.9 Å². The van der Waals surface area contributed by atoms with Crippen LogP contribution in [0.15, 0.2) is 42.7 Å². The summed E-state index contributed by atoms with van der Waals surface area (Å²) in [6.07, 6.45) is 8.58. The quantitative estimate of drug-likeness (QED) is 0.202. The SMILES string of the molecule is COc1c(NC(=O)c2ccc(C)c(N(N)/C=C(\N)c3cnc(C4(C)CC4)n3C)c2)cc(C2(C)CC2)cc1NS(C)(=O)=O. The number of anilines is 3. The van der Waals surface area contributed by atoms with Crippen LogP contribution in [0.4, 0.5) is 17.1 Å². The van der Waals surface area contributed by atoms with Crippen molar-refractivity contribution in [1.29, 1.82) is 0 Å². The predicted octanol–water partition coefficient (Wildman–Crippen LogP) is 4.10. The Labute approximate surface area is 247 Å². The first kappa shape index (κ1) is 29.5. The summed E-state index contributed by atoms with van der Waals surface area (Å²) in [5.74, 6) is 7.26. The number of benzene rings is 2. The Balaban J connectivity index is 1.43. The van der Waals surface area contributed by atoms with Crippen LogP contribution in [0.2, 0.25) is 0 Å². The van der Waals surface area contributed by atoms with Gasteiger partial charge >= 0.3 is 0 Å². The first-order valence-electron chi connectivity index (χ1n) is 13.8. The molecule has 0 radical (unpaired) electrons. The number of rotatable bonds is 10. The Kier molecular flexibility index (Phi) is 7.26. The van der Waals surface area contributed by atoms with Gasteiger partial charge in [-0.2, -0.15) is 0 Å². The van der Waals surface area contributed by atoms with Gasteiger partial charge in [-0.1, -0.05) is 19.9 Å². The van der Waals surface area contributed by atoms with Crippen LogP contribution >= 0.6 is 0 Å². The van der Waals surface area contributed by atoms with Crippen molar-refractivity contribution >= 4 is 38.7 Å². The number of imidazole rings is 1. The van der Waals surface area contributed by atoms with Crippen molar-refractivity contribution < 1.29 is 17.9 Å². The highest BCUT2D eigenvalue weighted by Crippen LogP contribution is 2.51. The van der Waals surface area contributed by atoms with E-state index in [0.29, 0.717) is 22.6 Å². The average Bonchev–Trinajstić information content (AvgIpc) is 3.81. The van der Waals surface area contributed by atoms with Crippen molar-refractivity contribution in [3.63, 3.8) is 0 Å². The Bertz CT molecular complexity index is 1700. The summed E-state index contributed by atoms with van der Waals surface area (Å²) >= 11 is 0. The maximum atomic E-state index is 13.5. The number of nitrogens with zero attached hydrogens (tertiary/aromatic N) is 3. The maximum absolute atomic E-state index is 13.5. The van der Waals surface area contributed by atoms with Crippen molar-refractivity contribution in [2.24, 2.45) is 18.6 Å². The fourth-order valence-corrected chi connectivity index (χ4v) is 5.75. The zero-order valence-electron chi connectivity index (χ0n) is 24.9. The molecule has 12 heteroatoms. The monoisotopic (exact) mass is 593 g/mol. The summed E-state index contributed by atoms with van der Waals surface area (Å²) in [4.78, 5) is 18.1. The number of methoxy groups -OCH3 is 1. The number of carbonyl (C=O) groups is 1. The van der Waals surface area contributed by atoms with Crippen LogP contribution in [0.3, 0.4) is 0 Å². The molecule has 0 saturated heterocycles. The Hall–Kier alpha value is -4.03. The smallest absolute Gasteiger partial charge is 0.255 e. The highest BCUT2D eigenvalue weighted by atomic mass is 32.2. The van der Waals surface area contributed by atoms with Crippen LogP contribution in [0.1, 0.15) is 72.5 Å². The molecule has 2 fully saturated rings. The second kappa shape index (κ2) is 10.4. The van der Waals surface area contributed by atoms with Crippen molar-refractivity contribution in [2.45, 2.75) is 57.3 Å². The number of nitrogens with one attached hydrogen (secondary N) is 2. The van der Waals surface area contributed by atoms with Gasteiger partial charge in [0.25, 0.3) is 5.91 Å². The number of carbonyl (C=O) groups excluding carboxylic acids is 1. The van der Waals surface area contributed by atoms with Gasteiger partial charge in [0.2, 0.25) is 10.0 Å². The molecule has 0 atom stereocenters. The largest absolute Gasteiger partial charge is 0.492 e. The molecule has 42 heavy (non-hydrogen) atoms. The van der Waals surface area contributed by atoms with Gasteiger partial charge in [-0.3, -0.25) is 14.5 Å². The van der Waals surface area contributed by atoms with Crippen LogP contribution in [0.25, 0.3) is 5.70 Å². The van der Waals surface area contributed by atoms with Crippen LogP contribution in [0.5, 0.6) is 5.75 Å². The first-order chi connectivity index (χ1) is 19.6. The molecule has 11 nitrogen and oxygen atoms in total. The van der Waals surface area contributed by atoms with E-state index < -0.39 is 15.9 Å². The minimum absolute atomic E-state index is 0.0893. The third-order valence-electron chi connectivity index (χ3n) is 8.38. The summed E-state index contributed by atoms with van der Waals surface area (Å²) in [5.41, 5.74) is 11.0. The van der Waals surface area contributed by atoms with Crippen LogP contribution in [0, 0.1) is 6.92 Å². The molecular formula is C30H39N7O4S. The topological polar surface area (TPSA) is 158 Å². The van der Waals surface area contributed by atoms with Gasteiger partial charge in [0.15, 0.2) is 5.75 Å². The minimum Gasteiger partial charge on any atom is -0.492 e. The number of hydrogen-bond acceptors (Lipinski definition) is 8. The molecular weight excluding hydrogens is 554 g/mol. The molecule has 1 heterocycles. The molecule has 1 amide bonds. The van der Waals surface area contributed by atoms with Gasteiger partial charge in [0.1, 0.15) is 5.82 Å². The lowest BCUT2D eigenvalue weighted by molar-refractivity contribution is 0.102. The second-order valence-electron chi connectivity index (χ2n) is 12.1. The summed E-state index contributed by atoms with van der Waals surface area (Å²) in [6.45, 7) is 6.18. The van der Waals surface area contributed by atoms with Gasteiger partial charge in [0.05, 0.1) is 48.0 Å². The molecule has 0 spiro atoms. The fourth-order valence-electron chi connectivity index (χ4n) is 5.20. The normalized spacial score (nSPS) is 17.0. The molecule has 2 saturated carbocycles. The zero-order valence-corrected chi connectivity index (χ0v) is 25.7. The molecule has 3 aromatic rings. The highest BCUT2D eigenvalue weighted by molar-refractivity contribution is 7.92. The second-order valence-corrected chi connectivity index (χ2v) is 13.8. The molecule has 1 aromatic heterocycles. The van der Waals surface area contributed by atoms with Gasteiger partial charge < -0.3 is 20.4 Å². The van der Waals surface area contributed by atoms with E-state index in [9.17, 15) is 13.2 Å². The Morgan fingerprint density at radius 2 is 1.76 bits per heavy atom. The number of hydrazine groups is 1. The molecule has 2 aliphatic rings. The van der Waals surface area contributed by atoms with Crippen molar-refractivity contribution in [3.05, 3.63) is 70.9 Å². The molecule has 2 aromatic carbocycles. The molecule has 2 aliphatic carbocycles. The molecule has 5 rings (SSSR count). The lowest BCUT2D eigenvalue weighted by Gasteiger charge is -2.21. The van der Waals surface area contributed by atoms with E-state index in [4.69, 9.17) is 16.3 Å². The van der Waals surface area contributed by atoms with Crippen molar-refractivity contribution in [2.75, 3.05) is 28.4 Å². The van der Waals surface area contributed by atoms with Gasteiger partial charge in [-0.15, -0.1) is 0 Å². The lowest BCUT2D eigenvalue weighted by atomic mass is 9.96. The molecule has 6 N–H and O–H groups in total. The maximum Gasteiger partial charge on any atom is 0.255 e. The number of aryl methyl sites for hydroxylation is 1. The van der Waals surface area contributed by atoms with Gasteiger partial charge in [0, 0.05) is 24.2 Å². The van der Waals surface area contributed by atoms with E-state index in [1.807, 2.05) is 24.6 Å². The van der Waals surface area contributed by atoms with Gasteiger partial charge in [-0.05, 0) is 73.4 Å². The van der Waals surface area contributed by atoms with Gasteiger partial charge in [-0.25, -0.2) is 19.2 Å². The summed E-state index contributed by atoms with van der Waals surface area (Å²) in [6, 6.07) is 8.80. The molecule has 0 unspecified atom stereocenters. The fraction of sp³-hybridized carbons (Fsp3) is 0.400. The molecule has 224 valence electrons. The third-order valence-corrected chi connectivity index (χ3v) is 8.98. The Morgan fingerprint density at radius 3 is 2.36 bits per heavy atom. The average molecular weight is 594 g/mol. The van der Waals surface area contributed by atoms with E-state index in [1.165, 1.54) is 12.1 Å². The van der Waals surface area contributed by atoms with E-state index in [2.05, 4.69) is 28.9 Å². The van der Waals surface area contributed by atoms with E-state index in [1.54, 1.807) is 36.7 Å². The summed E-state index contributed by atoms with van der Waals surface area (Å²) in [7, 11) is -0.210. The predicted molar refractivity (Wildman–Crippen MR) is 166 cm³/mol. The number of aromatic nitrogens is 2. The number of amides is 1. The summed E-state index contributed by atoms with van der Waals surface area (Å²) in [5, 5.41) is 4.32. The number of hydrogen-bond donors (Lipinski definition) is 4. The van der Waals surface area contributed by atoms with E-state index in [-0.39, 0.29) is 22.3 Å². The zero-order chi connectivity index (χ0) is 30.6. The molecule has 0 aliphatic heterocycles. The van der Waals surface area contributed by atoms with Crippen LogP contribution < -0.4 is 31.4 Å².